The lowest BCUT2D eigenvalue weighted by molar-refractivity contribution is -0.0745. The van der Waals surface area contributed by atoms with Crippen LogP contribution in [0, 0.1) is 5.92 Å². The summed E-state index contributed by atoms with van der Waals surface area (Å²) in [7, 11) is 0. The van der Waals surface area contributed by atoms with Gasteiger partial charge in [0.2, 0.25) is 0 Å². The van der Waals surface area contributed by atoms with Crippen molar-refractivity contribution in [3.05, 3.63) is 24.2 Å². The normalized spacial score (nSPS) is 33.9. The van der Waals surface area contributed by atoms with Crippen LogP contribution in [0.1, 0.15) is 19.5 Å². The molecule has 0 bridgehead atoms. The van der Waals surface area contributed by atoms with Crippen LogP contribution in [0.3, 0.4) is 0 Å². The first kappa shape index (κ1) is 13.3. The molecule has 3 rings (SSSR count). The Balaban J connectivity index is 2.13. The van der Waals surface area contributed by atoms with Crippen LogP contribution in [0.4, 0.5) is 5.82 Å². The standard InChI is InChI=1S/C13H18N4O3/c1-7-11(19)9(5-18)20-13(7,2)10-4-3-8-12(14)15-6-16-17(8)10/h3-4,6-7,9,11,18-19H,5H2,1-2H3,(H2,14,15,16)/t7-,9+,11-,13+/m0/s1. The topological polar surface area (TPSA) is 106 Å². The van der Waals surface area contributed by atoms with E-state index < -0.39 is 17.8 Å². The molecule has 1 saturated heterocycles. The van der Waals surface area contributed by atoms with Gasteiger partial charge in [-0.1, -0.05) is 6.92 Å². The van der Waals surface area contributed by atoms with Crippen LogP contribution in [-0.2, 0) is 10.3 Å². The summed E-state index contributed by atoms with van der Waals surface area (Å²) in [6.45, 7) is 3.56. The van der Waals surface area contributed by atoms with E-state index in [1.165, 1.54) is 6.33 Å². The van der Waals surface area contributed by atoms with E-state index in [1.807, 2.05) is 26.0 Å². The van der Waals surface area contributed by atoms with Gasteiger partial charge >= 0.3 is 0 Å². The molecule has 0 aliphatic carbocycles. The quantitative estimate of drug-likeness (QED) is 0.709. The molecular weight excluding hydrogens is 260 g/mol. The van der Waals surface area contributed by atoms with Crippen molar-refractivity contribution < 1.29 is 14.9 Å². The maximum absolute atomic E-state index is 10.2. The van der Waals surface area contributed by atoms with Gasteiger partial charge in [0, 0.05) is 5.92 Å². The minimum atomic E-state index is -0.750. The molecule has 0 unspecified atom stereocenters. The molecule has 1 aliphatic rings. The number of aliphatic hydroxyl groups is 2. The van der Waals surface area contributed by atoms with Crippen LogP contribution in [-0.4, -0.2) is 43.6 Å². The Morgan fingerprint density at radius 3 is 2.90 bits per heavy atom. The van der Waals surface area contributed by atoms with Crippen molar-refractivity contribution in [1.29, 1.82) is 0 Å². The first-order valence-corrected chi connectivity index (χ1v) is 6.54. The number of ether oxygens (including phenoxy) is 1. The maximum atomic E-state index is 10.2. The van der Waals surface area contributed by atoms with E-state index in [0.717, 1.165) is 5.69 Å². The molecule has 0 saturated carbocycles. The largest absolute Gasteiger partial charge is 0.394 e. The highest BCUT2D eigenvalue weighted by molar-refractivity contribution is 5.65. The molecule has 0 spiro atoms. The lowest BCUT2D eigenvalue weighted by Gasteiger charge is -2.28. The minimum absolute atomic E-state index is 0.186. The molecule has 7 heteroatoms. The molecule has 0 radical (unpaired) electrons. The highest BCUT2D eigenvalue weighted by atomic mass is 16.5. The number of aromatic nitrogens is 3. The van der Waals surface area contributed by atoms with Gasteiger partial charge in [-0.2, -0.15) is 5.10 Å². The fourth-order valence-corrected chi connectivity index (χ4v) is 2.91. The SMILES string of the molecule is C[C@H]1[C@H](O)[C@@H](CO)O[C@@]1(C)c1ccc2c(N)ncnn12. The number of aliphatic hydroxyl groups excluding tert-OH is 2. The molecule has 0 amide bonds. The van der Waals surface area contributed by atoms with Gasteiger partial charge < -0.3 is 20.7 Å². The van der Waals surface area contributed by atoms with Crippen molar-refractivity contribution in [2.24, 2.45) is 5.92 Å². The van der Waals surface area contributed by atoms with Gasteiger partial charge in [-0.05, 0) is 19.1 Å². The number of rotatable bonds is 2. The van der Waals surface area contributed by atoms with E-state index in [4.69, 9.17) is 10.5 Å². The first-order chi connectivity index (χ1) is 9.49. The van der Waals surface area contributed by atoms with E-state index in [0.29, 0.717) is 11.3 Å². The molecule has 7 nitrogen and oxygen atoms in total. The summed E-state index contributed by atoms with van der Waals surface area (Å²) in [5.41, 5.74) is 6.55. The third-order valence-corrected chi connectivity index (χ3v) is 4.33. The van der Waals surface area contributed by atoms with Gasteiger partial charge in [-0.25, -0.2) is 9.50 Å². The highest BCUT2D eigenvalue weighted by Crippen LogP contribution is 2.44. The van der Waals surface area contributed by atoms with E-state index in [2.05, 4.69) is 10.1 Å². The Morgan fingerprint density at radius 2 is 2.25 bits per heavy atom. The molecule has 2 aromatic rings. The summed E-state index contributed by atoms with van der Waals surface area (Å²) in [5, 5.41) is 23.7. The highest BCUT2D eigenvalue weighted by Gasteiger charge is 2.51. The van der Waals surface area contributed by atoms with Crippen molar-refractivity contribution in [2.75, 3.05) is 12.3 Å². The van der Waals surface area contributed by atoms with E-state index >= 15 is 0 Å². The Bertz CT molecular complexity index is 644. The Kier molecular flexibility index (Phi) is 2.93. The second-order valence-electron chi connectivity index (χ2n) is 5.39. The lowest BCUT2D eigenvalue weighted by atomic mass is 9.85. The fraction of sp³-hybridized carbons (Fsp3) is 0.538. The molecular formula is C13H18N4O3. The minimum Gasteiger partial charge on any atom is -0.394 e. The summed E-state index contributed by atoms with van der Waals surface area (Å²) in [4.78, 5) is 3.95. The first-order valence-electron chi connectivity index (χ1n) is 6.54. The summed E-state index contributed by atoms with van der Waals surface area (Å²) in [6.07, 6.45) is 0.0591. The van der Waals surface area contributed by atoms with Crippen LogP contribution < -0.4 is 5.73 Å². The van der Waals surface area contributed by atoms with E-state index in [9.17, 15) is 10.2 Å². The zero-order valence-corrected chi connectivity index (χ0v) is 11.4. The summed E-state index contributed by atoms with van der Waals surface area (Å²) in [6, 6.07) is 3.69. The molecule has 20 heavy (non-hydrogen) atoms. The number of hydrogen-bond acceptors (Lipinski definition) is 6. The molecule has 108 valence electrons. The number of hydrogen-bond donors (Lipinski definition) is 3. The van der Waals surface area contributed by atoms with Gasteiger partial charge in [0.25, 0.3) is 0 Å². The molecule has 2 aromatic heterocycles. The molecule has 1 aliphatic heterocycles. The van der Waals surface area contributed by atoms with Gasteiger partial charge in [0.1, 0.15) is 23.5 Å². The van der Waals surface area contributed by atoms with Gasteiger partial charge in [0.15, 0.2) is 5.82 Å². The average molecular weight is 278 g/mol. The lowest BCUT2D eigenvalue weighted by Crippen LogP contribution is -2.32. The van der Waals surface area contributed by atoms with Crippen LogP contribution in [0.5, 0.6) is 0 Å². The number of fused-ring (bicyclic) bond motifs is 1. The van der Waals surface area contributed by atoms with Crippen LogP contribution in [0.25, 0.3) is 5.52 Å². The Labute approximate surface area is 116 Å². The number of nitrogens with two attached hydrogens (primary N) is 1. The molecule has 4 atom stereocenters. The van der Waals surface area contributed by atoms with Crippen molar-refractivity contribution in [1.82, 2.24) is 14.6 Å². The second kappa shape index (κ2) is 4.41. The van der Waals surface area contributed by atoms with Gasteiger partial charge in [-0.3, -0.25) is 0 Å². The summed E-state index contributed by atoms with van der Waals surface area (Å²) in [5.74, 6) is 0.202. The summed E-state index contributed by atoms with van der Waals surface area (Å²) < 4.78 is 7.56. The third-order valence-electron chi connectivity index (χ3n) is 4.33. The molecule has 0 aromatic carbocycles. The van der Waals surface area contributed by atoms with Gasteiger partial charge in [0.05, 0.1) is 18.4 Å². The van der Waals surface area contributed by atoms with Crippen molar-refractivity contribution in [3.8, 4) is 0 Å². The monoisotopic (exact) mass is 278 g/mol. The Morgan fingerprint density at radius 1 is 1.50 bits per heavy atom. The van der Waals surface area contributed by atoms with E-state index in [1.54, 1.807) is 4.52 Å². The number of nitrogen functional groups attached to an aromatic ring is 1. The number of anilines is 1. The van der Waals surface area contributed by atoms with Crippen LogP contribution >= 0.6 is 0 Å². The van der Waals surface area contributed by atoms with Crippen LogP contribution in [0.15, 0.2) is 18.5 Å². The third kappa shape index (κ3) is 1.64. The predicted octanol–water partition coefficient (Wildman–Crippen LogP) is -0.0852. The fourth-order valence-electron chi connectivity index (χ4n) is 2.91. The van der Waals surface area contributed by atoms with Gasteiger partial charge in [-0.15, -0.1) is 0 Å². The van der Waals surface area contributed by atoms with Crippen molar-refractivity contribution in [2.45, 2.75) is 31.7 Å². The Hall–Kier alpha value is -1.70. The second-order valence-corrected chi connectivity index (χ2v) is 5.39. The number of nitrogens with zero attached hydrogens (tertiary/aromatic N) is 3. The van der Waals surface area contributed by atoms with Crippen LogP contribution in [0.2, 0.25) is 0 Å². The van der Waals surface area contributed by atoms with Crippen molar-refractivity contribution in [3.63, 3.8) is 0 Å². The predicted molar refractivity (Wildman–Crippen MR) is 71.9 cm³/mol. The molecule has 3 heterocycles. The zero-order valence-electron chi connectivity index (χ0n) is 11.4. The zero-order chi connectivity index (χ0) is 14.5. The molecule has 4 N–H and O–H groups in total. The smallest absolute Gasteiger partial charge is 0.151 e. The maximum Gasteiger partial charge on any atom is 0.151 e. The van der Waals surface area contributed by atoms with E-state index in [-0.39, 0.29) is 12.5 Å². The average Bonchev–Trinajstić information content (AvgIpc) is 2.96. The summed E-state index contributed by atoms with van der Waals surface area (Å²) >= 11 is 0. The molecule has 1 fully saturated rings. The van der Waals surface area contributed by atoms with Crippen molar-refractivity contribution >= 4 is 11.3 Å².